The van der Waals surface area contributed by atoms with Crippen LogP contribution in [0.4, 0.5) is 0 Å². The summed E-state index contributed by atoms with van der Waals surface area (Å²) in [5, 5.41) is 13.3. The summed E-state index contributed by atoms with van der Waals surface area (Å²) in [6.07, 6.45) is 4.61. The Balaban J connectivity index is 1.74. The Morgan fingerprint density at radius 3 is 2.31 bits per heavy atom. The first-order chi connectivity index (χ1) is 12.5. The maximum atomic E-state index is 10.9. The Morgan fingerprint density at radius 1 is 1.12 bits per heavy atom. The highest BCUT2D eigenvalue weighted by atomic mass is 32.1. The zero-order valence-electron chi connectivity index (χ0n) is 13.5. The predicted molar refractivity (Wildman–Crippen MR) is 101 cm³/mol. The van der Waals surface area contributed by atoms with Crippen LogP contribution in [0, 0.1) is 11.3 Å². The van der Waals surface area contributed by atoms with Crippen LogP contribution in [0.25, 0.3) is 16.2 Å². The number of rotatable bonds is 5. The Hall–Kier alpha value is -3.50. The number of nitriles is 1. The molecular formula is C19H14N4O2S. The zero-order valence-corrected chi connectivity index (χ0v) is 14.4. The molecule has 2 N–H and O–H groups in total. The van der Waals surface area contributed by atoms with Crippen molar-refractivity contribution < 1.29 is 9.53 Å². The quantitative estimate of drug-likeness (QED) is 0.537. The molecule has 0 spiro atoms. The number of carbonyl (C=O) groups excluding carboxylic acids is 1. The van der Waals surface area contributed by atoms with Gasteiger partial charge < -0.3 is 10.5 Å². The summed E-state index contributed by atoms with van der Waals surface area (Å²) in [5.41, 5.74) is 7.49. The molecule has 3 rings (SSSR count). The third-order valence-electron chi connectivity index (χ3n) is 3.50. The van der Waals surface area contributed by atoms with Crippen LogP contribution in [0.1, 0.15) is 5.56 Å². The molecule has 6 nitrogen and oxygen atoms in total. The average Bonchev–Trinajstić information content (AvgIpc) is 3.13. The highest BCUT2D eigenvalue weighted by Gasteiger charge is 2.05. The van der Waals surface area contributed by atoms with Gasteiger partial charge in [0.15, 0.2) is 0 Å². The topological polar surface area (TPSA) is 93.9 Å². The van der Waals surface area contributed by atoms with E-state index in [0.29, 0.717) is 22.1 Å². The van der Waals surface area contributed by atoms with Crippen molar-refractivity contribution in [2.24, 2.45) is 5.73 Å². The van der Waals surface area contributed by atoms with Crippen LogP contribution >= 0.6 is 12.6 Å². The molecule has 0 radical (unpaired) electrons. The Labute approximate surface area is 155 Å². The fourth-order valence-electron chi connectivity index (χ4n) is 2.24. The van der Waals surface area contributed by atoms with Gasteiger partial charge in [-0.2, -0.15) is 10.4 Å². The fraction of sp³-hybridized carbons (Fsp3) is 0. The molecule has 0 aliphatic rings. The highest BCUT2D eigenvalue weighted by Crippen LogP contribution is 2.26. The van der Waals surface area contributed by atoms with Crippen molar-refractivity contribution in [3.63, 3.8) is 0 Å². The molecule has 0 fully saturated rings. The van der Waals surface area contributed by atoms with Gasteiger partial charge in [-0.3, -0.25) is 4.79 Å². The summed E-state index contributed by atoms with van der Waals surface area (Å²) in [5.74, 6) is 0.742. The van der Waals surface area contributed by atoms with Crippen molar-refractivity contribution in [1.82, 2.24) is 9.78 Å². The lowest BCUT2D eigenvalue weighted by atomic mass is 10.1. The Kier molecular flexibility index (Phi) is 5.06. The zero-order chi connectivity index (χ0) is 18.5. The highest BCUT2D eigenvalue weighted by molar-refractivity contribution is 7.90. The van der Waals surface area contributed by atoms with Crippen molar-refractivity contribution in [2.45, 2.75) is 0 Å². The normalized spacial score (nSPS) is 11.0. The van der Waals surface area contributed by atoms with Crippen molar-refractivity contribution >= 4 is 23.6 Å². The standard InChI is InChI=1S/C19H14N4O2S/c20-10-13-1-5-16(6-2-13)25-17-7-3-14(4-8-17)15-11-22-23(12-15)19(26)9-18(21)24/h1-9,11-12,26H,(H2,21,24)/b19-9-. The van der Waals surface area contributed by atoms with E-state index in [4.69, 9.17) is 15.7 Å². The van der Waals surface area contributed by atoms with E-state index >= 15 is 0 Å². The van der Waals surface area contributed by atoms with Gasteiger partial charge in [-0.15, -0.1) is 12.6 Å². The summed E-state index contributed by atoms with van der Waals surface area (Å²) >= 11 is 4.19. The van der Waals surface area contributed by atoms with Gasteiger partial charge in [0.1, 0.15) is 11.5 Å². The molecule has 128 valence electrons. The molecule has 1 aromatic heterocycles. The largest absolute Gasteiger partial charge is 0.457 e. The minimum absolute atomic E-state index is 0.338. The first-order valence-corrected chi connectivity index (χ1v) is 8.03. The molecule has 0 bridgehead atoms. The van der Waals surface area contributed by atoms with Crippen molar-refractivity contribution in [3.05, 3.63) is 72.6 Å². The van der Waals surface area contributed by atoms with E-state index in [1.165, 1.54) is 10.8 Å². The number of nitrogens with two attached hydrogens (primary N) is 1. The molecule has 7 heteroatoms. The van der Waals surface area contributed by atoms with Crippen LogP contribution in [0.2, 0.25) is 0 Å². The summed E-state index contributed by atoms with van der Waals surface area (Å²) in [6.45, 7) is 0. The monoisotopic (exact) mass is 362 g/mol. The van der Waals surface area contributed by atoms with E-state index in [2.05, 4.69) is 23.8 Å². The molecule has 3 aromatic rings. The average molecular weight is 362 g/mol. The molecule has 0 aliphatic carbocycles. The van der Waals surface area contributed by atoms with E-state index in [9.17, 15) is 4.79 Å². The second-order valence-corrected chi connectivity index (χ2v) is 5.80. The van der Waals surface area contributed by atoms with Crippen LogP contribution in [0.3, 0.4) is 0 Å². The number of benzene rings is 2. The van der Waals surface area contributed by atoms with Gasteiger partial charge in [-0.1, -0.05) is 12.1 Å². The first-order valence-electron chi connectivity index (χ1n) is 7.59. The molecule has 2 aromatic carbocycles. The molecule has 0 saturated carbocycles. The molecule has 1 amide bonds. The lowest BCUT2D eigenvalue weighted by Crippen LogP contribution is -2.07. The number of aromatic nitrogens is 2. The molecule has 26 heavy (non-hydrogen) atoms. The third kappa shape index (κ3) is 4.12. The van der Waals surface area contributed by atoms with E-state index in [1.54, 1.807) is 36.7 Å². The number of carbonyl (C=O) groups is 1. The number of nitrogens with zero attached hydrogens (tertiary/aromatic N) is 3. The lowest BCUT2D eigenvalue weighted by molar-refractivity contribution is -0.113. The predicted octanol–water partition coefficient (Wildman–Crippen LogP) is 3.43. The molecular weight excluding hydrogens is 348 g/mol. The molecule has 0 saturated heterocycles. The number of hydrogen-bond acceptors (Lipinski definition) is 5. The smallest absolute Gasteiger partial charge is 0.244 e. The van der Waals surface area contributed by atoms with Crippen LogP contribution in [-0.2, 0) is 4.79 Å². The van der Waals surface area contributed by atoms with Gasteiger partial charge >= 0.3 is 0 Å². The SMILES string of the molecule is N#Cc1ccc(Oc2ccc(-c3cnn(/C(S)=C/C(N)=O)c3)cc2)cc1. The van der Waals surface area contributed by atoms with E-state index in [-0.39, 0.29) is 0 Å². The Bertz CT molecular complexity index is 999. The van der Waals surface area contributed by atoms with Crippen molar-refractivity contribution in [3.8, 4) is 28.7 Å². The summed E-state index contributed by atoms with van der Waals surface area (Å²) in [7, 11) is 0. The van der Waals surface area contributed by atoms with E-state index < -0.39 is 5.91 Å². The van der Waals surface area contributed by atoms with Crippen molar-refractivity contribution in [1.29, 1.82) is 5.26 Å². The minimum atomic E-state index is -0.587. The van der Waals surface area contributed by atoms with Gasteiger partial charge in [0.05, 0.1) is 22.9 Å². The molecule has 1 heterocycles. The van der Waals surface area contributed by atoms with Gasteiger partial charge in [0.25, 0.3) is 0 Å². The fourth-order valence-corrected chi connectivity index (χ4v) is 2.48. The summed E-state index contributed by atoms with van der Waals surface area (Å²) in [4.78, 5) is 10.9. The van der Waals surface area contributed by atoms with E-state index in [0.717, 1.165) is 11.1 Å². The maximum absolute atomic E-state index is 10.9. The second-order valence-electron chi connectivity index (χ2n) is 5.34. The number of thiol groups is 1. The van der Waals surface area contributed by atoms with Crippen LogP contribution < -0.4 is 10.5 Å². The van der Waals surface area contributed by atoms with Crippen LogP contribution in [0.15, 0.2) is 67.0 Å². The number of hydrogen-bond donors (Lipinski definition) is 2. The summed E-state index contributed by atoms with van der Waals surface area (Å²) < 4.78 is 7.22. The lowest BCUT2D eigenvalue weighted by Gasteiger charge is -2.06. The number of amides is 1. The van der Waals surface area contributed by atoms with E-state index in [1.807, 2.05) is 24.3 Å². The van der Waals surface area contributed by atoms with Crippen LogP contribution in [-0.4, -0.2) is 15.7 Å². The number of primary amides is 1. The third-order valence-corrected chi connectivity index (χ3v) is 3.83. The van der Waals surface area contributed by atoms with Gasteiger partial charge in [0.2, 0.25) is 5.91 Å². The van der Waals surface area contributed by atoms with Gasteiger partial charge in [-0.05, 0) is 42.0 Å². The minimum Gasteiger partial charge on any atom is -0.457 e. The Morgan fingerprint density at radius 2 is 1.73 bits per heavy atom. The first kappa shape index (κ1) is 17.3. The number of ether oxygens (including phenoxy) is 1. The second kappa shape index (κ2) is 7.59. The van der Waals surface area contributed by atoms with Crippen molar-refractivity contribution in [2.75, 3.05) is 0 Å². The maximum Gasteiger partial charge on any atom is 0.244 e. The molecule has 0 unspecified atom stereocenters. The summed E-state index contributed by atoms with van der Waals surface area (Å²) in [6, 6.07) is 16.4. The van der Waals surface area contributed by atoms with Crippen LogP contribution in [0.5, 0.6) is 11.5 Å². The molecule has 0 atom stereocenters. The van der Waals surface area contributed by atoms with Gasteiger partial charge in [0, 0.05) is 17.8 Å². The van der Waals surface area contributed by atoms with Gasteiger partial charge in [-0.25, -0.2) is 4.68 Å². The molecule has 0 aliphatic heterocycles.